The van der Waals surface area contributed by atoms with Gasteiger partial charge in [0.05, 0.1) is 24.8 Å². The maximum absolute atomic E-state index is 13.2. The normalized spacial score (nSPS) is 28.6. The van der Waals surface area contributed by atoms with E-state index in [1.807, 2.05) is 0 Å². The van der Waals surface area contributed by atoms with Crippen LogP contribution in [0.3, 0.4) is 0 Å². The molecule has 10 heteroatoms. The van der Waals surface area contributed by atoms with Gasteiger partial charge in [0.15, 0.2) is 0 Å². The third-order valence-corrected chi connectivity index (χ3v) is 8.88. The Kier molecular flexibility index (Phi) is 10.9. The summed E-state index contributed by atoms with van der Waals surface area (Å²) in [6, 6.07) is 4.52. The van der Waals surface area contributed by atoms with Crippen molar-refractivity contribution >= 4 is 11.8 Å². The number of benzene rings is 1. The number of nitrogens with zero attached hydrogens (tertiary/aromatic N) is 2. The van der Waals surface area contributed by atoms with Crippen molar-refractivity contribution in [1.82, 2.24) is 4.90 Å². The lowest BCUT2D eigenvalue weighted by atomic mass is 9.55. The lowest BCUT2D eigenvalue weighted by Crippen LogP contribution is -2.69. The minimum Gasteiger partial charge on any atom is -0.508 e. The van der Waals surface area contributed by atoms with Gasteiger partial charge in [-0.25, -0.2) is 4.79 Å². The number of aliphatic hydroxyl groups is 2. The highest BCUT2D eigenvalue weighted by Gasteiger charge is 2.65. The quantitative estimate of drug-likeness (QED) is 0.162. The van der Waals surface area contributed by atoms with Crippen LogP contribution < -0.4 is 4.74 Å². The molecule has 4 rings (SSSR count). The molecule has 3 aliphatic rings. The molecule has 2 aliphatic carbocycles. The first-order chi connectivity index (χ1) is 20.4. The van der Waals surface area contributed by atoms with E-state index in [0.717, 1.165) is 36.8 Å². The Morgan fingerprint density at radius 2 is 1.95 bits per heavy atom. The summed E-state index contributed by atoms with van der Waals surface area (Å²) in [6.07, 6.45) is 8.50. The topological polar surface area (TPSA) is 130 Å². The molecule has 0 radical (unpaired) electrons. The standard InChI is InChI=1S/C32H46N2O8/c1-5-17-41-32-28(34(3)31(38)40-6-2)20-26(33-39-4)24-18-21(11-7-9-15-35)23(12-8-10-16-36)29(30(24)32)25-19-22(37)13-14-27(25)42-32/h5,13-14,18-19,21,23,28-30,35-37H,1,6-12,15-17,20H2,2-4H3. The molecule has 1 heterocycles. The van der Waals surface area contributed by atoms with E-state index >= 15 is 0 Å². The molecule has 1 aliphatic heterocycles. The van der Waals surface area contributed by atoms with E-state index in [4.69, 9.17) is 19.0 Å². The molecule has 1 aromatic rings. The Morgan fingerprint density at radius 3 is 2.62 bits per heavy atom. The highest BCUT2D eigenvalue weighted by molar-refractivity contribution is 6.02. The van der Waals surface area contributed by atoms with Crippen LogP contribution in [0.4, 0.5) is 4.79 Å². The number of unbranched alkanes of at least 4 members (excludes halogenated alkanes) is 2. The summed E-state index contributed by atoms with van der Waals surface area (Å²) in [7, 11) is 3.19. The highest BCUT2D eigenvalue weighted by Crippen LogP contribution is 2.61. The summed E-state index contributed by atoms with van der Waals surface area (Å²) in [5.41, 5.74) is 2.53. The number of allylic oxidation sites excluding steroid dienone is 1. The summed E-state index contributed by atoms with van der Waals surface area (Å²) in [5.74, 6) is -0.896. The first-order valence-electron chi connectivity index (χ1n) is 15.1. The maximum Gasteiger partial charge on any atom is 0.409 e. The van der Waals surface area contributed by atoms with Gasteiger partial charge in [0.25, 0.3) is 0 Å². The first kappa shape index (κ1) is 31.8. The van der Waals surface area contributed by atoms with Crippen LogP contribution in [0.1, 0.15) is 63.4 Å². The van der Waals surface area contributed by atoms with Crippen molar-refractivity contribution in [3.05, 3.63) is 48.1 Å². The molecule has 232 valence electrons. The molecule has 1 amide bonds. The number of aliphatic hydroxyl groups excluding tert-OH is 2. The molecule has 0 saturated heterocycles. The van der Waals surface area contributed by atoms with Crippen molar-refractivity contribution in [3.8, 4) is 11.5 Å². The third kappa shape index (κ3) is 6.16. The number of phenols is 1. The van der Waals surface area contributed by atoms with Gasteiger partial charge >= 0.3 is 6.09 Å². The van der Waals surface area contributed by atoms with E-state index in [9.17, 15) is 20.1 Å². The van der Waals surface area contributed by atoms with Crippen molar-refractivity contribution in [2.45, 2.75) is 69.6 Å². The predicted octanol–water partition coefficient (Wildman–Crippen LogP) is 4.74. The average molecular weight is 587 g/mol. The zero-order valence-corrected chi connectivity index (χ0v) is 25.0. The molecule has 6 atom stereocenters. The number of hydrogen-bond donors (Lipinski definition) is 3. The molecule has 0 spiro atoms. The number of carbonyl (C=O) groups excluding carboxylic acids is 1. The van der Waals surface area contributed by atoms with E-state index in [0.29, 0.717) is 30.7 Å². The Bertz CT molecular complexity index is 1150. The van der Waals surface area contributed by atoms with Crippen LogP contribution in [0.15, 0.2) is 47.7 Å². The Labute approximate surface area is 248 Å². The van der Waals surface area contributed by atoms with Gasteiger partial charge in [-0.05, 0) is 68.2 Å². The van der Waals surface area contributed by atoms with E-state index in [-0.39, 0.29) is 49.9 Å². The lowest BCUT2D eigenvalue weighted by Gasteiger charge is -2.59. The fraction of sp³-hybridized carbons (Fsp3) is 0.625. The molecular weight excluding hydrogens is 540 g/mol. The Hall–Kier alpha value is -3.08. The molecule has 0 aromatic heterocycles. The van der Waals surface area contributed by atoms with Gasteiger partial charge in [-0.15, -0.1) is 6.58 Å². The van der Waals surface area contributed by atoms with Crippen molar-refractivity contribution in [1.29, 1.82) is 0 Å². The molecular formula is C32H46N2O8. The molecule has 6 unspecified atom stereocenters. The van der Waals surface area contributed by atoms with Crippen LogP contribution >= 0.6 is 0 Å². The second-order valence-electron chi connectivity index (χ2n) is 11.3. The van der Waals surface area contributed by atoms with Gasteiger partial charge in [0.2, 0.25) is 5.79 Å². The largest absolute Gasteiger partial charge is 0.508 e. The second kappa shape index (κ2) is 14.4. The lowest BCUT2D eigenvalue weighted by molar-refractivity contribution is -0.253. The molecule has 42 heavy (non-hydrogen) atoms. The molecule has 1 fully saturated rings. The Morgan fingerprint density at radius 1 is 1.21 bits per heavy atom. The number of carbonyl (C=O) groups is 1. The molecule has 1 saturated carbocycles. The van der Waals surface area contributed by atoms with Crippen molar-refractivity contribution < 1.29 is 39.2 Å². The fourth-order valence-corrected chi connectivity index (χ4v) is 7.20. The highest BCUT2D eigenvalue weighted by atomic mass is 16.7. The summed E-state index contributed by atoms with van der Waals surface area (Å²) in [4.78, 5) is 20.1. The summed E-state index contributed by atoms with van der Waals surface area (Å²) in [6.45, 7) is 6.29. The number of ether oxygens (including phenoxy) is 3. The fourth-order valence-electron chi connectivity index (χ4n) is 7.20. The second-order valence-corrected chi connectivity index (χ2v) is 11.3. The number of aromatic hydroxyl groups is 1. The number of phenolic OH excluding ortho intramolecular Hbond substituents is 1. The molecule has 3 N–H and O–H groups in total. The number of oxime groups is 1. The van der Waals surface area contributed by atoms with Crippen LogP contribution in [-0.4, -0.2) is 84.4 Å². The SMILES string of the molecule is C=CCOC12Oc3ccc(O)cc3C3C(CCCCO)C(CCCCO)C=C(C(=NOC)CC1N(C)C(=O)OCC)C32. The van der Waals surface area contributed by atoms with Crippen LogP contribution in [0.5, 0.6) is 11.5 Å². The molecule has 10 nitrogen and oxygen atoms in total. The zero-order chi connectivity index (χ0) is 30.3. The summed E-state index contributed by atoms with van der Waals surface area (Å²) in [5, 5.41) is 34.3. The van der Waals surface area contributed by atoms with Crippen LogP contribution in [0.2, 0.25) is 0 Å². The van der Waals surface area contributed by atoms with E-state index in [1.165, 1.54) is 12.0 Å². The number of likely N-dealkylation sites (N-methyl/N-ethyl adjacent to an activating group) is 1. The van der Waals surface area contributed by atoms with E-state index in [2.05, 4.69) is 17.8 Å². The summed E-state index contributed by atoms with van der Waals surface area (Å²) >= 11 is 0. The van der Waals surface area contributed by atoms with Gasteiger partial charge in [-0.3, -0.25) is 0 Å². The van der Waals surface area contributed by atoms with Crippen molar-refractivity contribution in [2.75, 3.05) is 40.6 Å². The Balaban J connectivity index is 1.98. The van der Waals surface area contributed by atoms with Gasteiger partial charge in [0, 0.05) is 38.2 Å². The maximum atomic E-state index is 13.2. The van der Waals surface area contributed by atoms with Gasteiger partial charge in [-0.2, -0.15) is 0 Å². The zero-order valence-electron chi connectivity index (χ0n) is 25.0. The van der Waals surface area contributed by atoms with Crippen molar-refractivity contribution in [3.63, 3.8) is 0 Å². The average Bonchev–Trinajstić information content (AvgIpc) is 2.98. The number of amides is 1. The van der Waals surface area contributed by atoms with E-state index in [1.54, 1.807) is 38.2 Å². The summed E-state index contributed by atoms with van der Waals surface area (Å²) < 4.78 is 19.0. The number of rotatable bonds is 14. The number of hydrogen-bond acceptors (Lipinski definition) is 9. The van der Waals surface area contributed by atoms with Crippen molar-refractivity contribution in [2.24, 2.45) is 22.9 Å². The molecule has 1 aromatic carbocycles. The van der Waals surface area contributed by atoms with Gasteiger partial charge in [-0.1, -0.05) is 30.1 Å². The van der Waals surface area contributed by atoms with Crippen LogP contribution in [-0.2, 0) is 14.3 Å². The predicted molar refractivity (Wildman–Crippen MR) is 158 cm³/mol. The third-order valence-electron chi connectivity index (χ3n) is 8.88. The minimum absolute atomic E-state index is 0.107. The van der Waals surface area contributed by atoms with Gasteiger partial charge < -0.3 is 39.3 Å². The van der Waals surface area contributed by atoms with E-state index < -0.39 is 23.8 Å². The van der Waals surface area contributed by atoms with Crippen LogP contribution in [0, 0.1) is 17.8 Å². The minimum atomic E-state index is -1.31. The monoisotopic (exact) mass is 586 g/mol. The first-order valence-corrected chi connectivity index (χ1v) is 15.1. The smallest absolute Gasteiger partial charge is 0.409 e. The van der Waals surface area contributed by atoms with Gasteiger partial charge in [0.1, 0.15) is 24.7 Å². The number of fused-ring (bicyclic) bond motifs is 2. The molecule has 0 bridgehead atoms. The van der Waals surface area contributed by atoms with Crippen LogP contribution in [0.25, 0.3) is 0 Å².